The molecule has 156 valence electrons. The Kier molecular flexibility index (Phi) is 5.68. The molecule has 1 amide bonds. The van der Waals surface area contributed by atoms with Crippen LogP contribution in [0.4, 0.5) is 18.9 Å². The van der Waals surface area contributed by atoms with Crippen LogP contribution < -0.4 is 4.90 Å². The van der Waals surface area contributed by atoms with Gasteiger partial charge < -0.3 is 4.90 Å². The molecule has 0 fully saturated rings. The predicted octanol–water partition coefficient (Wildman–Crippen LogP) is 4.20. The minimum atomic E-state index is -4.47. The van der Waals surface area contributed by atoms with E-state index < -0.39 is 27.7 Å². The quantitative estimate of drug-likeness (QED) is 0.710. The molecule has 3 rings (SSSR count). The molecule has 2 aromatic carbocycles. The van der Waals surface area contributed by atoms with Gasteiger partial charge in [-0.05, 0) is 54.8 Å². The molecule has 1 heterocycles. The largest absolute Gasteiger partial charge is 0.416 e. The van der Waals surface area contributed by atoms with E-state index in [-0.39, 0.29) is 22.0 Å². The lowest BCUT2D eigenvalue weighted by atomic mass is 9.98. The first kappa shape index (κ1) is 21.6. The third kappa shape index (κ3) is 4.12. The van der Waals surface area contributed by atoms with E-state index in [1.165, 1.54) is 43.3 Å². The van der Waals surface area contributed by atoms with E-state index in [2.05, 4.69) is 0 Å². The highest BCUT2D eigenvalue weighted by Crippen LogP contribution is 2.36. The highest BCUT2D eigenvalue weighted by molar-refractivity contribution is 7.89. The number of fused-ring (bicyclic) bond motifs is 1. The number of halogens is 4. The molecule has 0 bridgehead atoms. The molecule has 0 saturated heterocycles. The van der Waals surface area contributed by atoms with Gasteiger partial charge in [0.05, 0.1) is 21.0 Å². The second kappa shape index (κ2) is 7.62. The first-order valence-electron chi connectivity index (χ1n) is 8.67. The van der Waals surface area contributed by atoms with Crippen molar-refractivity contribution in [3.63, 3.8) is 0 Å². The van der Waals surface area contributed by atoms with E-state index in [0.29, 0.717) is 24.1 Å². The highest BCUT2D eigenvalue weighted by atomic mass is 35.5. The van der Waals surface area contributed by atoms with Gasteiger partial charge in [-0.25, -0.2) is 12.7 Å². The van der Waals surface area contributed by atoms with Crippen LogP contribution in [-0.4, -0.2) is 39.3 Å². The molecule has 1 aliphatic heterocycles. The van der Waals surface area contributed by atoms with E-state index in [4.69, 9.17) is 11.6 Å². The number of rotatable bonds is 3. The molecule has 29 heavy (non-hydrogen) atoms. The van der Waals surface area contributed by atoms with Gasteiger partial charge >= 0.3 is 6.18 Å². The van der Waals surface area contributed by atoms with Crippen LogP contribution in [0.5, 0.6) is 0 Å². The second-order valence-corrected chi connectivity index (χ2v) is 9.39. The standard InChI is InChI=1S/C19H18ClF3N2O3S/c1-24(2)29(27,28)14-6-7-16(20)15(11-14)18(26)25-9-3-4-12-10-13(19(21,22)23)5-8-17(12)25/h5-8,10-11H,3-4,9H2,1-2H3. The van der Waals surface area contributed by atoms with Crippen molar-refractivity contribution >= 4 is 33.2 Å². The minimum Gasteiger partial charge on any atom is -0.308 e. The van der Waals surface area contributed by atoms with Crippen LogP contribution in [0.1, 0.15) is 27.9 Å². The van der Waals surface area contributed by atoms with Gasteiger partial charge in [0, 0.05) is 26.3 Å². The number of hydrogen-bond acceptors (Lipinski definition) is 3. The summed E-state index contributed by atoms with van der Waals surface area (Å²) in [6.07, 6.45) is -3.58. The summed E-state index contributed by atoms with van der Waals surface area (Å²) in [4.78, 5) is 14.4. The van der Waals surface area contributed by atoms with E-state index in [9.17, 15) is 26.4 Å². The van der Waals surface area contributed by atoms with E-state index >= 15 is 0 Å². The van der Waals surface area contributed by atoms with Crippen LogP contribution in [-0.2, 0) is 22.6 Å². The summed E-state index contributed by atoms with van der Waals surface area (Å²) in [5.74, 6) is -0.563. The topological polar surface area (TPSA) is 57.7 Å². The fraction of sp³-hybridized carbons (Fsp3) is 0.316. The van der Waals surface area contributed by atoms with Gasteiger partial charge in [0.1, 0.15) is 0 Å². The summed E-state index contributed by atoms with van der Waals surface area (Å²) in [5, 5.41) is 0.0618. The number of anilines is 1. The molecule has 0 N–H and O–H groups in total. The van der Waals surface area contributed by atoms with Gasteiger partial charge in [-0.2, -0.15) is 13.2 Å². The Bertz CT molecular complexity index is 1070. The number of amides is 1. The molecule has 2 aromatic rings. The summed E-state index contributed by atoms with van der Waals surface area (Å²) < 4.78 is 64.7. The fourth-order valence-electron chi connectivity index (χ4n) is 3.17. The Hall–Kier alpha value is -2.10. The van der Waals surface area contributed by atoms with Crippen molar-refractivity contribution < 1.29 is 26.4 Å². The van der Waals surface area contributed by atoms with Crippen LogP contribution in [0.25, 0.3) is 0 Å². The van der Waals surface area contributed by atoms with E-state index in [0.717, 1.165) is 16.4 Å². The van der Waals surface area contributed by atoms with Crippen molar-refractivity contribution in [2.24, 2.45) is 0 Å². The number of hydrogen-bond donors (Lipinski definition) is 0. The van der Waals surface area contributed by atoms with Crippen molar-refractivity contribution in [2.45, 2.75) is 23.9 Å². The molecule has 0 spiro atoms. The van der Waals surface area contributed by atoms with Gasteiger partial charge in [0.25, 0.3) is 5.91 Å². The van der Waals surface area contributed by atoms with E-state index in [1.54, 1.807) is 0 Å². The molecule has 1 aliphatic rings. The zero-order valence-electron chi connectivity index (χ0n) is 15.6. The molecule has 5 nitrogen and oxygen atoms in total. The summed E-state index contributed by atoms with van der Waals surface area (Å²) in [7, 11) is -1.05. The number of nitrogens with zero attached hydrogens (tertiary/aromatic N) is 2. The molecule has 0 unspecified atom stereocenters. The lowest BCUT2D eigenvalue weighted by molar-refractivity contribution is -0.137. The average molecular weight is 447 g/mol. The van der Waals surface area contributed by atoms with Crippen LogP contribution in [0.15, 0.2) is 41.3 Å². The smallest absolute Gasteiger partial charge is 0.308 e. The SMILES string of the molecule is CN(C)S(=O)(=O)c1ccc(Cl)c(C(=O)N2CCCc3cc(C(F)(F)F)ccc32)c1. The first-order chi connectivity index (χ1) is 13.4. The van der Waals surface area contributed by atoms with Gasteiger partial charge in [-0.3, -0.25) is 4.79 Å². The molecule has 0 atom stereocenters. The maximum absolute atomic E-state index is 13.1. The minimum absolute atomic E-state index is 0.0256. The lowest BCUT2D eigenvalue weighted by Gasteiger charge is -2.30. The summed E-state index contributed by atoms with van der Waals surface area (Å²) in [6, 6.07) is 7.06. The van der Waals surface area contributed by atoms with Crippen molar-refractivity contribution in [3.8, 4) is 0 Å². The normalized spacial score (nSPS) is 14.8. The zero-order valence-corrected chi connectivity index (χ0v) is 17.2. The van der Waals surface area contributed by atoms with Crippen molar-refractivity contribution in [2.75, 3.05) is 25.5 Å². The number of benzene rings is 2. The summed E-state index contributed by atoms with van der Waals surface area (Å²) >= 11 is 6.15. The molecular formula is C19H18ClF3N2O3S. The Morgan fingerprint density at radius 2 is 1.83 bits per heavy atom. The number of alkyl halides is 3. The van der Waals surface area contributed by atoms with Crippen LogP contribution in [0, 0.1) is 0 Å². The number of sulfonamides is 1. The molecule has 0 aliphatic carbocycles. The summed E-state index contributed by atoms with van der Waals surface area (Å²) in [6.45, 7) is 0.290. The Morgan fingerprint density at radius 3 is 2.45 bits per heavy atom. The number of carbonyl (C=O) groups is 1. The van der Waals surface area contributed by atoms with Crippen LogP contribution in [0.3, 0.4) is 0 Å². The van der Waals surface area contributed by atoms with Crippen molar-refractivity contribution in [1.82, 2.24) is 4.31 Å². The van der Waals surface area contributed by atoms with Gasteiger partial charge in [0.2, 0.25) is 10.0 Å². The Labute approximate surface area is 171 Å². The monoisotopic (exact) mass is 446 g/mol. The molecule has 10 heteroatoms. The van der Waals surface area contributed by atoms with Crippen molar-refractivity contribution in [3.05, 3.63) is 58.1 Å². The number of carbonyl (C=O) groups excluding carboxylic acids is 1. The third-order valence-corrected chi connectivity index (χ3v) is 6.86. The Morgan fingerprint density at radius 1 is 1.14 bits per heavy atom. The second-order valence-electron chi connectivity index (χ2n) is 6.83. The molecule has 0 radical (unpaired) electrons. The first-order valence-corrected chi connectivity index (χ1v) is 10.5. The van der Waals surface area contributed by atoms with Crippen LogP contribution in [0.2, 0.25) is 5.02 Å². The molecule has 0 aromatic heterocycles. The maximum Gasteiger partial charge on any atom is 0.416 e. The molecule has 0 saturated carbocycles. The zero-order chi connectivity index (χ0) is 21.6. The predicted molar refractivity (Wildman–Crippen MR) is 104 cm³/mol. The summed E-state index contributed by atoms with van der Waals surface area (Å²) in [5.41, 5.74) is -0.0243. The van der Waals surface area contributed by atoms with Gasteiger partial charge in [-0.1, -0.05) is 11.6 Å². The van der Waals surface area contributed by atoms with Crippen LogP contribution >= 0.6 is 11.6 Å². The van der Waals surface area contributed by atoms with E-state index in [1.807, 2.05) is 0 Å². The average Bonchev–Trinajstić information content (AvgIpc) is 2.65. The molecular weight excluding hydrogens is 429 g/mol. The fourth-order valence-corrected chi connectivity index (χ4v) is 4.30. The van der Waals surface area contributed by atoms with Gasteiger partial charge in [0.15, 0.2) is 0 Å². The van der Waals surface area contributed by atoms with Gasteiger partial charge in [-0.15, -0.1) is 0 Å². The van der Waals surface area contributed by atoms with Crippen molar-refractivity contribution in [1.29, 1.82) is 0 Å². The maximum atomic E-state index is 13.1. The highest BCUT2D eigenvalue weighted by Gasteiger charge is 2.33. The number of aryl methyl sites for hydroxylation is 1. The third-order valence-electron chi connectivity index (χ3n) is 4.72. The Balaban J connectivity index is 2.03. The lowest BCUT2D eigenvalue weighted by Crippen LogP contribution is -2.36.